The number of rotatable bonds is 2. The summed E-state index contributed by atoms with van der Waals surface area (Å²) < 4.78 is 34.7. The zero-order valence-electron chi connectivity index (χ0n) is 16.0. The first kappa shape index (κ1) is 18.1. The summed E-state index contributed by atoms with van der Waals surface area (Å²) in [6, 6.07) is 3.09. The fourth-order valence-corrected chi connectivity index (χ4v) is 4.50. The molecule has 0 saturated carbocycles. The van der Waals surface area contributed by atoms with E-state index in [1.54, 1.807) is 11.1 Å². The van der Waals surface area contributed by atoms with E-state index in [0.29, 0.717) is 0 Å². The lowest BCUT2D eigenvalue weighted by atomic mass is 9.93. The molecule has 1 aliphatic heterocycles. The number of hydrogen-bond donors (Lipinski definition) is 1. The van der Waals surface area contributed by atoms with Crippen LogP contribution in [-0.4, -0.2) is 27.4 Å². The SMILES string of the molecule is O=C(N[C@@H]1CCCc2c1cnn2-c1ccc(F)cc1F)N1COC2=C1CCCC2. The maximum Gasteiger partial charge on any atom is 0.324 e. The van der Waals surface area contributed by atoms with E-state index in [2.05, 4.69) is 10.4 Å². The standard InChI is InChI=1S/C21H22F2N4O2/c22-13-8-9-18(15(23)10-13)27-17-6-3-4-16(14(17)11-24-27)25-21(28)26-12-29-20-7-2-1-5-19(20)26/h8-11,16H,1-7,12H2,(H,25,28)/t16-/m1/s1. The summed E-state index contributed by atoms with van der Waals surface area (Å²) in [5.74, 6) is -0.343. The Balaban J connectivity index is 1.39. The van der Waals surface area contributed by atoms with Gasteiger partial charge in [-0.1, -0.05) is 0 Å². The quantitative estimate of drug-likeness (QED) is 0.817. The van der Waals surface area contributed by atoms with E-state index >= 15 is 0 Å². The molecule has 0 bridgehead atoms. The van der Waals surface area contributed by atoms with Crippen molar-refractivity contribution in [1.29, 1.82) is 0 Å². The van der Waals surface area contributed by atoms with Gasteiger partial charge in [-0.25, -0.2) is 18.3 Å². The van der Waals surface area contributed by atoms with E-state index in [1.807, 2.05) is 0 Å². The maximum atomic E-state index is 14.3. The molecule has 0 saturated heterocycles. The number of benzene rings is 1. The molecule has 2 heterocycles. The van der Waals surface area contributed by atoms with Crippen molar-refractivity contribution >= 4 is 6.03 Å². The van der Waals surface area contributed by atoms with Gasteiger partial charge in [0.25, 0.3) is 0 Å². The molecular formula is C21H22F2N4O2. The van der Waals surface area contributed by atoms with Crippen LogP contribution >= 0.6 is 0 Å². The fourth-order valence-electron chi connectivity index (χ4n) is 4.50. The van der Waals surface area contributed by atoms with Gasteiger partial charge >= 0.3 is 6.03 Å². The van der Waals surface area contributed by atoms with E-state index in [4.69, 9.17) is 4.74 Å². The first-order chi connectivity index (χ1) is 14.1. The lowest BCUT2D eigenvalue weighted by molar-refractivity contribution is 0.146. The van der Waals surface area contributed by atoms with Crippen molar-refractivity contribution in [3.05, 3.63) is 58.7 Å². The topological polar surface area (TPSA) is 59.4 Å². The minimum absolute atomic E-state index is 0.171. The average molecular weight is 400 g/mol. The molecule has 0 radical (unpaired) electrons. The molecule has 2 aromatic rings. The van der Waals surface area contributed by atoms with Gasteiger partial charge in [-0.3, -0.25) is 4.90 Å². The fraction of sp³-hybridized carbons (Fsp3) is 0.429. The summed E-state index contributed by atoms with van der Waals surface area (Å²) in [7, 11) is 0. The Hall–Kier alpha value is -2.90. The maximum absolute atomic E-state index is 14.3. The van der Waals surface area contributed by atoms with Gasteiger partial charge in [-0.2, -0.15) is 5.10 Å². The monoisotopic (exact) mass is 400 g/mol. The summed E-state index contributed by atoms with van der Waals surface area (Å²) in [4.78, 5) is 14.6. The Morgan fingerprint density at radius 1 is 1.17 bits per heavy atom. The highest BCUT2D eigenvalue weighted by atomic mass is 19.1. The zero-order chi connectivity index (χ0) is 20.0. The average Bonchev–Trinajstić information content (AvgIpc) is 3.33. The largest absolute Gasteiger partial charge is 0.475 e. The third kappa shape index (κ3) is 3.16. The van der Waals surface area contributed by atoms with Gasteiger partial charge in [-0.15, -0.1) is 0 Å². The lowest BCUT2D eigenvalue weighted by Crippen LogP contribution is -2.41. The Labute approximate surface area is 167 Å². The van der Waals surface area contributed by atoms with Crippen molar-refractivity contribution in [3.8, 4) is 5.69 Å². The summed E-state index contributed by atoms with van der Waals surface area (Å²) in [5, 5.41) is 7.44. The molecule has 6 nitrogen and oxygen atoms in total. The highest BCUT2D eigenvalue weighted by Gasteiger charge is 2.33. The minimum atomic E-state index is -0.659. The molecular weight excluding hydrogens is 378 g/mol. The molecule has 1 atom stereocenters. The van der Waals surface area contributed by atoms with Gasteiger partial charge in [0.1, 0.15) is 17.3 Å². The molecule has 8 heteroatoms. The Morgan fingerprint density at radius 3 is 2.90 bits per heavy atom. The Morgan fingerprint density at radius 2 is 2.03 bits per heavy atom. The highest BCUT2D eigenvalue weighted by molar-refractivity contribution is 5.77. The molecule has 0 fully saturated rings. The first-order valence-corrected chi connectivity index (χ1v) is 10.1. The van der Waals surface area contributed by atoms with Crippen LogP contribution in [0.3, 0.4) is 0 Å². The van der Waals surface area contributed by atoms with Crippen molar-refractivity contribution < 1.29 is 18.3 Å². The predicted molar refractivity (Wildman–Crippen MR) is 101 cm³/mol. The lowest BCUT2D eigenvalue weighted by Gasteiger charge is -2.27. The molecule has 2 amide bonds. The number of nitrogens with one attached hydrogen (secondary N) is 1. The van der Waals surface area contributed by atoms with Crippen LogP contribution in [0.5, 0.6) is 0 Å². The molecule has 1 aromatic carbocycles. The molecule has 29 heavy (non-hydrogen) atoms. The Bertz CT molecular complexity index is 1000. The van der Waals surface area contributed by atoms with Gasteiger partial charge < -0.3 is 10.1 Å². The third-order valence-electron chi connectivity index (χ3n) is 5.95. The number of hydrogen-bond acceptors (Lipinski definition) is 3. The van der Waals surface area contributed by atoms with Crippen LogP contribution in [-0.2, 0) is 11.2 Å². The molecule has 1 aromatic heterocycles. The number of nitrogens with zero attached hydrogens (tertiary/aromatic N) is 3. The molecule has 0 unspecified atom stereocenters. The van der Waals surface area contributed by atoms with Crippen LogP contribution in [0.25, 0.3) is 5.69 Å². The van der Waals surface area contributed by atoms with Gasteiger partial charge in [-0.05, 0) is 50.7 Å². The summed E-state index contributed by atoms with van der Waals surface area (Å²) >= 11 is 0. The minimum Gasteiger partial charge on any atom is -0.475 e. The van der Waals surface area contributed by atoms with Crippen LogP contribution in [0.1, 0.15) is 55.8 Å². The number of ether oxygens (including phenoxy) is 1. The number of halogens is 2. The van der Waals surface area contributed by atoms with Crippen molar-refractivity contribution in [3.63, 3.8) is 0 Å². The van der Waals surface area contributed by atoms with Gasteiger partial charge in [0.15, 0.2) is 12.5 Å². The second kappa shape index (κ2) is 7.17. The third-order valence-corrected chi connectivity index (χ3v) is 5.95. The van der Waals surface area contributed by atoms with Crippen molar-refractivity contribution in [2.24, 2.45) is 0 Å². The Kier molecular flexibility index (Phi) is 4.49. The van der Waals surface area contributed by atoms with E-state index in [1.165, 1.54) is 16.8 Å². The van der Waals surface area contributed by atoms with E-state index in [0.717, 1.165) is 73.7 Å². The van der Waals surface area contributed by atoms with E-state index in [-0.39, 0.29) is 24.5 Å². The molecule has 152 valence electrons. The highest BCUT2D eigenvalue weighted by Crippen LogP contribution is 2.35. The number of urea groups is 1. The van der Waals surface area contributed by atoms with Gasteiger partial charge in [0.2, 0.25) is 0 Å². The number of carbonyl (C=O) groups is 1. The predicted octanol–water partition coefficient (Wildman–Crippen LogP) is 4.31. The van der Waals surface area contributed by atoms with Crippen LogP contribution < -0.4 is 5.32 Å². The zero-order valence-corrected chi connectivity index (χ0v) is 16.0. The molecule has 3 aliphatic rings. The number of aromatic nitrogens is 2. The number of carbonyl (C=O) groups excluding carboxylic acids is 1. The van der Waals surface area contributed by atoms with E-state index in [9.17, 15) is 13.6 Å². The van der Waals surface area contributed by atoms with Crippen molar-refractivity contribution in [2.75, 3.05) is 6.73 Å². The van der Waals surface area contributed by atoms with Gasteiger partial charge in [0, 0.05) is 23.7 Å². The molecule has 1 N–H and O–H groups in total. The van der Waals surface area contributed by atoms with Crippen LogP contribution in [0, 0.1) is 11.6 Å². The number of fused-ring (bicyclic) bond motifs is 1. The molecule has 0 spiro atoms. The molecule has 2 aliphatic carbocycles. The summed E-state index contributed by atoms with van der Waals surface area (Å²) in [5.41, 5.74) is 2.94. The number of amides is 2. The second-order valence-corrected chi connectivity index (χ2v) is 7.73. The summed E-state index contributed by atoms with van der Waals surface area (Å²) in [6.45, 7) is 0.260. The summed E-state index contributed by atoms with van der Waals surface area (Å²) in [6.07, 6.45) is 7.95. The smallest absolute Gasteiger partial charge is 0.324 e. The second-order valence-electron chi connectivity index (χ2n) is 7.73. The molecule has 5 rings (SSSR count). The van der Waals surface area contributed by atoms with Crippen LogP contribution in [0.4, 0.5) is 13.6 Å². The van der Waals surface area contributed by atoms with Crippen LogP contribution in [0.15, 0.2) is 35.9 Å². The van der Waals surface area contributed by atoms with Crippen LogP contribution in [0.2, 0.25) is 0 Å². The normalized spacial score (nSPS) is 20.9. The van der Waals surface area contributed by atoms with Crippen molar-refractivity contribution in [1.82, 2.24) is 20.0 Å². The van der Waals surface area contributed by atoms with E-state index < -0.39 is 11.6 Å². The van der Waals surface area contributed by atoms with Gasteiger partial charge in [0.05, 0.1) is 17.9 Å². The van der Waals surface area contributed by atoms with Crippen molar-refractivity contribution in [2.45, 2.75) is 51.0 Å². The number of allylic oxidation sites excluding steroid dienone is 2. The first-order valence-electron chi connectivity index (χ1n) is 10.1.